The number of rotatable bonds is 43. The number of esters is 1. The van der Waals surface area contributed by atoms with Crippen LogP contribution in [0.2, 0.25) is 0 Å². The molecule has 0 heterocycles. The summed E-state index contributed by atoms with van der Waals surface area (Å²) in [5.74, 6) is -0.459. The number of aliphatic hydroxyl groups excluding tert-OH is 2. The van der Waals surface area contributed by atoms with Crippen molar-refractivity contribution in [2.75, 3.05) is 6.61 Å². The van der Waals surface area contributed by atoms with Gasteiger partial charge in [0, 0.05) is 6.42 Å². The van der Waals surface area contributed by atoms with Gasteiger partial charge in [-0.15, -0.1) is 0 Å². The Labute approximate surface area is 330 Å². The van der Waals surface area contributed by atoms with Gasteiger partial charge in [0.15, 0.2) is 0 Å². The Kier molecular flexibility index (Phi) is 41.1. The predicted octanol–water partition coefficient (Wildman–Crippen LogP) is 13.6. The monoisotopic (exact) mass is 752 g/mol. The van der Waals surface area contributed by atoms with Gasteiger partial charge in [-0.25, -0.2) is 0 Å². The molecule has 1 amide bonds. The lowest BCUT2D eigenvalue weighted by atomic mass is 10.0. The lowest BCUT2D eigenvalue weighted by molar-refractivity contribution is -0.151. The number of carbonyl (C=O) groups is 2. The molecule has 3 unspecified atom stereocenters. The predicted molar refractivity (Wildman–Crippen MR) is 227 cm³/mol. The first kappa shape index (κ1) is 51.9. The fraction of sp³-hybridized carbons (Fsp3) is 0.957. The number of hydrogen-bond donors (Lipinski definition) is 3. The Morgan fingerprint density at radius 2 is 0.792 bits per heavy atom. The second-order valence-electron chi connectivity index (χ2n) is 16.5. The van der Waals surface area contributed by atoms with Gasteiger partial charge in [0.05, 0.1) is 25.2 Å². The third-order valence-corrected chi connectivity index (χ3v) is 11.2. The third-order valence-electron chi connectivity index (χ3n) is 11.2. The number of nitrogens with one attached hydrogen (secondary N) is 1. The molecule has 3 N–H and O–H groups in total. The van der Waals surface area contributed by atoms with Gasteiger partial charge < -0.3 is 20.3 Å². The fourth-order valence-electron chi connectivity index (χ4n) is 7.55. The van der Waals surface area contributed by atoms with E-state index in [-0.39, 0.29) is 24.9 Å². The van der Waals surface area contributed by atoms with Gasteiger partial charge in [0.1, 0.15) is 6.10 Å². The van der Waals surface area contributed by atoms with Crippen molar-refractivity contribution in [3.8, 4) is 0 Å². The lowest BCUT2D eigenvalue weighted by Crippen LogP contribution is -2.46. The SMILES string of the molecule is CCCCCCCCCCCCCCCCC(CC(=O)NC(CO)C(O)CCCCCCCCCCCCC)OC(=O)CCCCCCCCCCC. The molecule has 0 bridgehead atoms. The minimum absolute atomic E-state index is 0.0869. The van der Waals surface area contributed by atoms with Gasteiger partial charge in [-0.3, -0.25) is 9.59 Å². The first-order valence-electron chi connectivity index (χ1n) is 23.8. The molecule has 0 radical (unpaired) electrons. The van der Waals surface area contributed by atoms with Crippen LogP contribution >= 0.6 is 0 Å². The van der Waals surface area contributed by atoms with E-state index in [0.29, 0.717) is 19.3 Å². The van der Waals surface area contributed by atoms with E-state index in [2.05, 4.69) is 26.1 Å². The molecule has 0 saturated heterocycles. The van der Waals surface area contributed by atoms with E-state index >= 15 is 0 Å². The first-order chi connectivity index (χ1) is 26.0. The number of hydrogen-bond acceptors (Lipinski definition) is 5. The lowest BCUT2D eigenvalue weighted by Gasteiger charge is -2.24. The Morgan fingerprint density at radius 1 is 0.472 bits per heavy atom. The zero-order valence-corrected chi connectivity index (χ0v) is 35.9. The Hall–Kier alpha value is -1.14. The summed E-state index contributed by atoms with van der Waals surface area (Å²) in [6.45, 7) is 6.47. The average Bonchev–Trinajstić information content (AvgIpc) is 3.15. The highest BCUT2D eigenvalue weighted by Crippen LogP contribution is 2.18. The number of unbranched alkanes of at least 4 members (excludes halogenated alkanes) is 31. The summed E-state index contributed by atoms with van der Waals surface area (Å²) in [6.07, 6.45) is 43.0. The van der Waals surface area contributed by atoms with E-state index in [1.54, 1.807) is 0 Å². The van der Waals surface area contributed by atoms with Crippen LogP contribution in [-0.2, 0) is 14.3 Å². The van der Waals surface area contributed by atoms with Crippen molar-refractivity contribution in [3.63, 3.8) is 0 Å². The van der Waals surface area contributed by atoms with Crippen LogP contribution in [-0.4, -0.2) is 46.9 Å². The first-order valence-corrected chi connectivity index (χ1v) is 23.8. The molecular weight excluding hydrogens is 659 g/mol. The molecule has 0 fully saturated rings. The minimum atomic E-state index is -0.777. The standard InChI is InChI=1S/C47H93NO5/c1-4-7-10-13-16-19-21-22-23-25-27-29-32-35-38-43(53-47(52)40-37-34-31-26-18-15-12-9-6-3)41-46(51)48-44(42-49)45(50)39-36-33-30-28-24-20-17-14-11-8-5-2/h43-45,49-50H,4-42H2,1-3H3,(H,48,51). The van der Waals surface area contributed by atoms with Crippen LogP contribution in [0.3, 0.4) is 0 Å². The maximum atomic E-state index is 13.1. The van der Waals surface area contributed by atoms with E-state index in [9.17, 15) is 19.8 Å². The van der Waals surface area contributed by atoms with Gasteiger partial charge in [-0.1, -0.05) is 226 Å². The summed E-state index contributed by atoms with van der Waals surface area (Å²) in [7, 11) is 0. The molecule has 3 atom stereocenters. The van der Waals surface area contributed by atoms with Crippen molar-refractivity contribution in [1.29, 1.82) is 0 Å². The van der Waals surface area contributed by atoms with Gasteiger partial charge in [0.25, 0.3) is 0 Å². The smallest absolute Gasteiger partial charge is 0.306 e. The van der Waals surface area contributed by atoms with Crippen molar-refractivity contribution in [3.05, 3.63) is 0 Å². The van der Waals surface area contributed by atoms with Crippen LogP contribution in [0.5, 0.6) is 0 Å². The molecule has 0 aromatic heterocycles. The summed E-state index contributed by atoms with van der Waals surface area (Å²) in [5, 5.41) is 23.6. The zero-order valence-electron chi connectivity index (χ0n) is 35.9. The maximum Gasteiger partial charge on any atom is 0.306 e. The third kappa shape index (κ3) is 37.6. The molecule has 0 rings (SSSR count). The van der Waals surface area contributed by atoms with Crippen molar-refractivity contribution < 1.29 is 24.5 Å². The van der Waals surface area contributed by atoms with Crippen molar-refractivity contribution in [2.45, 2.75) is 283 Å². The van der Waals surface area contributed by atoms with Gasteiger partial charge in [-0.2, -0.15) is 0 Å². The molecule has 0 aromatic carbocycles. The van der Waals surface area contributed by atoms with Crippen LogP contribution in [0.25, 0.3) is 0 Å². The molecule has 6 heteroatoms. The van der Waals surface area contributed by atoms with Crippen LogP contribution in [0.1, 0.15) is 265 Å². The number of amides is 1. The average molecular weight is 752 g/mol. The minimum Gasteiger partial charge on any atom is -0.462 e. The van der Waals surface area contributed by atoms with E-state index in [4.69, 9.17) is 4.74 Å². The Morgan fingerprint density at radius 3 is 1.15 bits per heavy atom. The molecule has 0 aromatic rings. The summed E-state index contributed by atoms with van der Waals surface area (Å²) in [5.41, 5.74) is 0. The van der Waals surface area contributed by atoms with Crippen molar-refractivity contribution >= 4 is 11.9 Å². The molecule has 0 aliphatic carbocycles. The molecule has 0 spiro atoms. The molecule has 0 aliphatic heterocycles. The summed E-state index contributed by atoms with van der Waals surface area (Å²) in [6, 6.07) is -0.690. The van der Waals surface area contributed by atoms with Crippen LogP contribution in [0, 0.1) is 0 Å². The number of aliphatic hydroxyl groups is 2. The van der Waals surface area contributed by atoms with Gasteiger partial charge in [0.2, 0.25) is 5.91 Å². The maximum absolute atomic E-state index is 13.1. The highest BCUT2D eigenvalue weighted by Gasteiger charge is 2.24. The van der Waals surface area contributed by atoms with Crippen molar-refractivity contribution in [2.24, 2.45) is 0 Å². The molecule has 6 nitrogen and oxygen atoms in total. The topological polar surface area (TPSA) is 95.9 Å². The van der Waals surface area contributed by atoms with E-state index in [0.717, 1.165) is 44.9 Å². The van der Waals surface area contributed by atoms with Gasteiger partial charge in [-0.05, 0) is 25.7 Å². The summed E-state index contributed by atoms with van der Waals surface area (Å²) < 4.78 is 5.90. The normalized spacial score (nSPS) is 13.2. The Balaban J connectivity index is 4.52. The quantitative estimate of drug-likeness (QED) is 0.0426. The molecule has 0 saturated carbocycles. The second-order valence-corrected chi connectivity index (χ2v) is 16.5. The Bertz CT molecular complexity index is 761. The van der Waals surface area contributed by atoms with Gasteiger partial charge >= 0.3 is 5.97 Å². The largest absolute Gasteiger partial charge is 0.462 e. The van der Waals surface area contributed by atoms with Crippen molar-refractivity contribution in [1.82, 2.24) is 5.32 Å². The highest BCUT2D eigenvalue weighted by atomic mass is 16.5. The molecule has 316 valence electrons. The van der Waals surface area contributed by atoms with E-state index < -0.39 is 18.2 Å². The number of carbonyl (C=O) groups excluding carboxylic acids is 2. The van der Waals surface area contributed by atoms with E-state index in [1.165, 1.54) is 173 Å². The molecular formula is C47H93NO5. The fourth-order valence-corrected chi connectivity index (χ4v) is 7.55. The molecule has 0 aliphatic rings. The molecule has 53 heavy (non-hydrogen) atoms. The highest BCUT2D eigenvalue weighted by molar-refractivity contribution is 5.77. The van der Waals surface area contributed by atoms with Crippen LogP contribution in [0.4, 0.5) is 0 Å². The van der Waals surface area contributed by atoms with Crippen LogP contribution in [0.15, 0.2) is 0 Å². The second kappa shape index (κ2) is 42.0. The summed E-state index contributed by atoms with van der Waals surface area (Å²) >= 11 is 0. The zero-order chi connectivity index (χ0) is 38.9. The van der Waals surface area contributed by atoms with Crippen LogP contribution < -0.4 is 5.32 Å². The summed E-state index contributed by atoms with van der Waals surface area (Å²) in [4.78, 5) is 25.9. The number of ether oxygens (including phenoxy) is 1. The van der Waals surface area contributed by atoms with E-state index in [1.807, 2.05) is 0 Å².